The maximum atomic E-state index is 9.28. The molecule has 3 aliphatic rings. The Kier molecular flexibility index (Phi) is 7.05. The Bertz CT molecular complexity index is 1330. The van der Waals surface area contributed by atoms with Crippen molar-refractivity contribution >= 4 is 16.6 Å². The topological polar surface area (TPSA) is 86.5 Å². The number of rotatable bonds is 6. The van der Waals surface area contributed by atoms with E-state index in [0.717, 1.165) is 50.4 Å². The molecule has 4 heterocycles. The zero-order valence-electron chi connectivity index (χ0n) is 22.3. The highest BCUT2D eigenvalue weighted by Gasteiger charge is 2.35. The highest BCUT2D eigenvalue weighted by atomic mass is 16.5. The average Bonchev–Trinajstić information content (AvgIpc) is 3.36. The maximum Gasteiger partial charge on any atom is 0.321 e. The molecule has 0 bridgehead atoms. The molecule has 3 aromatic rings. The van der Waals surface area contributed by atoms with E-state index in [1.54, 1.807) is 0 Å². The number of aromatic nitrogens is 2. The number of hydrogen-bond donors (Lipinski definition) is 1. The lowest BCUT2D eigenvalue weighted by Gasteiger charge is -2.38. The summed E-state index contributed by atoms with van der Waals surface area (Å²) in [5.74, 6) is 1.75. The molecule has 0 amide bonds. The van der Waals surface area contributed by atoms with E-state index in [4.69, 9.17) is 19.4 Å². The molecule has 0 spiro atoms. The molecule has 1 N–H and O–H groups in total. The van der Waals surface area contributed by atoms with Gasteiger partial charge in [0.2, 0.25) is 5.88 Å². The van der Waals surface area contributed by atoms with Crippen molar-refractivity contribution in [3.63, 3.8) is 0 Å². The van der Waals surface area contributed by atoms with Crippen LogP contribution in [0.25, 0.3) is 10.8 Å². The summed E-state index contributed by atoms with van der Waals surface area (Å²) in [7, 11) is 2.15. The van der Waals surface area contributed by atoms with Crippen LogP contribution in [0, 0.1) is 17.2 Å². The molecule has 8 nitrogen and oxygen atoms in total. The first-order chi connectivity index (χ1) is 18.6. The van der Waals surface area contributed by atoms with Gasteiger partial charge in [0, 0.05) is 43.2 Å². The normalized spacial score (nSPS) is 25.6. The van der Waals surface area contributed by atoms with Crippen LogP contribution in [0.3, 0.4) is 0 Å². The number of nitrogens with one attached hydrogen (secondary N) is 1. The number of piperazine rings is 1. The van der Waals surface area contributed by atoms with Crippen LogP contribution in [0.4, 0.5) is 5.82 Å². The summed E-state index contributed by atoms with van der Waals surface area (Å²) in [4.78, 5) is 14.4. The molecule has 38 heavy (non-hydrogen) atoms. The maximum absolute atomic E-state index is 9.28. The van der Waals surface area contributed by atoms with E-state index in [2.05, 4.69) is 77.6 Å². The second-order valence-corrected chi connectivity index (χ2v) is 10.9. The number of hydrogen-bond acceptors (Lipinski definition) is 8. The zero-order valence-corrected chi connectivity index (χ0v) is 22.3. The van der Waals surface area contributed by atoms with Gasteiger partial charge >= 0.3 is 6.01 Å². The fraction of sp³-hybridized carbons (Fsp3) is 0.500. The van der Waals surface area contributed by atoms with Crippen LogP contribution in [0.2, 0.25) is 0 Å². The zero-order chi connectivity index (χ0) is 26.1. The second kappa shape index (κ2) is 10.8. The summed E-state index contributed by atoms with van der Waals surface area (Å²) in [6.07, 6.45) is 3.49. The number of benzene rings is 2. The van der Waals surface area contributed by atoms with Crippen molar-refractivity contribution in [2.75, 3.05) is 44.7 Å². The Hall–Kier alpha value is -3.41. The summed E-state index contributed by atoms with van der Waals surface area (Å²) >= 11 is 0. The van der Waals surface area contributed by atoms with E-state index in [1.807, 2.05) is 0 Å². The van der Waals surface area contributed by atoms with Crippen LogP contribution in [0.15, 0.2) is 42.5 Å². The molecule has 8 heteroatoms. The lowest BCUT2D eigenvalue weighted by Crippen LogP contribution is -2.51. The molecule has 0 aliphatic carbocycles. The van der Waals surface area contributed by atoms with Gasteiger partial charge in [-0.3, -0.25) is 0 Å². The van der Waals surface area contributed by atoms with Gasteiger partial charge in [0.15, 0.2) is 0 Å². The fourth-order valence-electron chi connectivity index (χ4n) is 6.19. The molecule has 198 valence electrons. The number of likely N-dealkylation sites (N-methyl/N-ethyl adjacent to an activating group) is 1. The average molecular weight is 513 g/mol. The Morgan fingerprint density at radius 1 is 1.16 bits per heavy atom. The molecule has 2 aromatic carbocycles. The van der Waals surface area contributed by atoms with E-state index in [9.17, 15) is 5.26 Å². The summed E-state index contributed by atoms with van der Waals surface area (Å²) in [6, 6.07) is 18.1. The van der Waals surface area contributed by atoms with Gasteiger partial charge in [-0.15, -0.1) is 0 Å². The van der Waals surface area contributed by atoms with Crippen molar-refractivity contribution in [1.29, 1.82) is 5.26 Å². The minimum Gasteiger partial charge on any atom is -0.469 e. The molecule has 6 rings (SSSR count). The fourth-order valence-corrected chi connectivity index (χ4v) is 6.19. The molecule has 2 unspecified atom stereocenters. The Morgan fingerprint density at radius 3 is 2.87 bits per heavy atom. The first kappa shape index (κ1) is 24.9. The summed E-state index contributed by atoms with van der Waals surface area (Å²) in [6.45, 7) is 6.26. The van der Waals surface area contributed by atoms with Crippen molar-refractivity contribution in [1.82, 2.24) is 20.2 Å². The molecule has 2 saturated heterocycles. The van der Waals surface area contributed by atoms with Gasteiger partial charge < -0.3 is 24.6 Å². The van der Waals surface area contributed by atoms with Gasteiger partial charge in [0.1, 0.15) is 18.5 Å². The molecule has 4 atom stereocenters. The van der Waals surface area contributed by atoms with Gasteiger partial charge in [-0.05, 0) is 43.6 Å². The number of ether oxygens (including phenoxy) is 2. The van der Waals surface area contributed by atoms with Crippen LogP contribution in [0.5, 0.6) is 11.9 Å². The molecular weight excluding hydrogens is 476 g/mol. The van der Waals surface area contributed by atoms with E-state index >= 15 is 0 Å². The van der Waals surface area contributed by atoms with Crippen molar-refractivity contribution in [2.24, 2.45) is 5.92 Å². The van der Waals surface area contributed by atoms with Crippen LogP contribution >= 0.6 is 0 Å². The predicted octanol–water partition coefficient (Wildman–Crippen LogP) is 4.11. The molecular formula is C30H36N6O2. The minimum atomic E-state index is -0.112. The molecule has 3 aliphatic heterocycles. The van der Waals surface area contributed by atoms with Crippen LogP contribution in [-0.4, -0.2) is 66.8 Å². The van der Waals surface area contributed by atoms with Crippen LogP contribution < -0.4 is 19.7 Å². The summed E-state index contributed by atoms with van der Waals surface area (Å²) in [5, 5.41) is 15.2. The first-order valence-corrected chi connectivity index (χ1v) is 13.8. The monoisotopic (exact) mass is 512 g/mol. The minimum absolute atomic E-state index is 0.112. The number of fused-ring (bicyclic) bond motifs is 2. The van der Waals surface area contributed by atoms with Gasteiger partial charge in [0.25, 0.3) is 0 Å². The number of nitriles is 1. The molecule has 1 aromatic heterocycles. The highest BCUT2D eigenvalue weighted by Crippen LogP contribution is 2.43. The Morgan fingerprint density at radius 2 is 2.03 bits per heavy atom. The number of nitrogens with zero attached hydrogens (tertiary/aromatic N) is 5. The largest absolute Gasteiger partial charge is 0.469 e. The number of likely N-dealkylation sites (tertiary alicyclic amines) is 1. The summed E-state index contributed by atoms with van der Waals surface area (Å²) in [5.41, 5.74) is 2.23. The Balaban J connectivity index is 1.35. The standard InChI is InChI=1S/C30H36N6O2/c1-20-17-26-28(36-16-14-32-22(18-36)12-13-31)33-30(37-19-23-9-6-15-35(23)2)34-29(26)38-27(20)25-11-5-8-21-7-3-4-10-24(21)25/h3-5,7-8,10-11,20,22-23,27,32H,6,9,12,14-19H2,1-2H3/t20?,22-,23-,27?/m0/s1. The van der Waals surface area contributed by atoms with Crippen molar-refractivity contribution in [3.05, 3.63) is 53.6 Å². The highest BCUT2D eigenvalue weighted by molar-refractivity contribution is 5.86. The van der Waals surface area contributed by atoms with E-state index in [-0.39, 0.29) is 18.1 Å². The third-order valence-electron chi connectivity index (χ3n) is 8.31. The van der Waals surface area contributed by atoms with Gasteiger partial charge in [-0.25, -0.2) is 0 Å². The third-order valence-corrected chi connectivity index (χ3v) is 8.31. The smallest absolute Gasteiger partial charge is 0.321 e. The first-order valence-electron chi connectivity index (χ1n) is 13.8. The quantitative estimate of drug-likeness (QED) is 0.528. The van der Waals surface area contributed by atoms with E-state index in [1.165, 1.54) is 22.8 Å². The second-order valence-electron chi connectivity index (χ2n) is 10.9. The lowest BCUT2D eigenvalue weighted by molar-refractivity contribution is 0.114. The lowest BCUT2D eigenvalue weighted by atomic mass is 9.87. The van der Waals surface area contributed by atoms with Crippen LogP contribution in [0.1, 0.15) is 43.4 Å². The van der Waals surface area contributed by atoms with Crippen molar-refractivity contribution in [3.8, 4) is 18.0 Å². The summed E-state index contributed by atoms with van der Waals surface area (Å²) < 4.78 is 13.0. The third kappa shape index (κ3) is 4.89. The van der Waals surface area contributed by atoms with Crippen molar-refractivity contribution < 1.29 is 9.47 Å². The SMILES string of the molecule is CC1Cc2c(nc(OC[C@@H]3CCCN3C)nc2N2CCN[C@@H](CC#N)C2)OC1c1cccc2ccccc12. The van der Waals surface area contributed by atoms with Crippen LogP contribution in [-0.2, 0) is 6.42 Å². The van der Waals surface area contributed by atoms with Gasteiger partial charge in [-0.1, -0.05) is 49.4 Å². The van der Waals surface area contributed by atoms with Gasteiger partial charge in [-0.2, -0.15) is 15.2 Å². The predicted molar refractivity (Wildman–Crippen MR) is 148 cm³/mol. The molecule has 0 saturated carbocycles. The van der Waals surface area contributed by atoms with Crippen molar-refractivity contribution in [2.45, 2.75) is 50.8 Å². The molecule has 0 radical (unpaired) electrons. The van der Waals surface area contributed by atoms with E-state index in [0.29, 0.717) is 31.0 Å². The molecule has 2 fully saturated rings. The number of anilines is 1. The van der Waals surface area contributed by atoms with E-state index < -0.39 is 0 Å². The Labute approximate surface area is 224 Å². The van der Waals surface area contributed by atoms with Gasteiger partial charge in [0.05, 0.1) is 18.1 Å².